The molecule has 20 heavy (non-hydrogen) atoms. The normalized spacial score (nSPS) is 19.8. The Morgan fingerprint density at radius 1 is 1.30 bits per heavy atom. The molecule has 1 aliphatic heterocycles. The van der Waals surface area contributed by atoms with Gasteiger partial charge in [-0.05, 0) is 31.1 Å². The molecule has 1 heterocycles. The van der Waals surface area contributed by atoms with E-state index in [0.29, 0.717) is 23.1 Å². The molecule has 1 saturated carbocycles. The lowest BCUT2D eigenvalue weighted by Gasteiger charge is -2.07. The molecule has 0 spiro atoms. The fourth-order valence-corrected chi connectivity index (χ4v) is 2.12. The predicted octanol–water partition coefficient (Wildman–Crippen LogP) is 1.98. The molecule has 104 valence electrons. The number of amides is 1. The average Bonchev–Trinajstić information content (AvgIpc) is 3.25. The number of hydrogen-bond acceptors (Lipinski definition) is 4. The smallest absolute Gasteiger partial charge is 0.275 e. The van der Waals surface area contributed by atoms with Crippen molar-refractivity contribution in [2.45, 2.75) is 12.8 Å². The van der Waals surface area contributed by atoms with Gasteiger partial charge in [-0.1, -0.05) is 0 Å². The van der Waals surface area contributed by atoms with Crippen LogP contribution >= 0.6 is 0 Å². The highest BCUT2D eigenvalue weighted by Gasteiger charge is 2.33. The van der Waals surface area contributed by atoms with Gasteiger partial charge in [0.1, 0.15) is 23.0 Å². The van der Waals surface area contributed by atoms with E-state index in [1.54, 1.807) is 26.4 Å². The van der Waals surface area contributed by atoms with E-state index in [9.17, 15) is 4.79 Å². The fraction of sp³-hybridized carbons (Fsp3) is 0.333. The first kappa shape index (κ1) is 12.7. The second-order valence-corrected chi connectivity index (χ2v) is 4.86. The maximum Gasteiger partial charge on any atom is 0.275 e. The van der Waals surface area contributed by atoms with Crippen LogP contribution in [0.5, 0.6) is 11.5 Å². The Hall–Kier alpha value is -2.30. The number of carbonyl (C=O) groups excluding carboxylic acids is 1. The SMILES string of the molecule is COc1ccc(/C=C2/N=C(C3CC3)NC2=O)c(OC)c1. The monoisotopic (exact) mass is 272 g/mol. The standard InChI is InChI=1S/C15H16N2O3/c1-19-11-6-5-10(13(8-11)20-2)7-12-15(18)17-14(16-12)9-3-4-9/h5-9H,3-4H2,1-2H3,(H,16,17,18)/b12-7+. The highest BCUT2D eigenvalue weighted by molar-refractivity contribution is 6.15. The molecule has 1 aromatic rings. The van der Waals surface area contributed by atoms with Gasteiger partial charge < -0.3 is 14.8 Å². The van der Waals surface area contributed by atoms with Gasteiger partial charge in [0, 0.05) is 17.5 Å². The zero-order chi connectivity index (χ0) is 14.1. The summed E-state index contributed by atoms with van der Waals surface area (Å²) in [5.74, 6) is 2.45. The maximum absolute atomic E-state index is 11.9. The quantitative estimate of drug-likeness (QED) is 0.853. The summed E-state index contributed by atoms with van der Waals surface area (Å²) >= 11 is 0. The molecule has 5 nitrogen and oxygen atoms in total. The summed E-state index contributed by atoms with van der Waals surface area (Å²) in [6.45, 7) is 0. The molecule has 1 aromatic carbocycles. The number of nitrogens with zero attached hydrogens (tertiary/aromatic N) is 1. The van der Waals surface area contributed by atoms with E-state index in [4.69, 9.17) is 9.47 Å². The second kappa shape index (κ2) is 5.00. The van der Waals surface area contributed by atoms with Crippen molar-refractivity contribution < 1.29 is 14.3 Å². The number of methoxy groups -OCH3 is 2. The van der Waals surface area contributed by atoms with Crippen LogP contribution in [0.15, 0.2) is 28.9 Å². The van der Waals surface area contributed by atoms with Crippen LogP contribution in [0.1, 0.15) is 18.4 Å². The van der Waals surface area contributed by atoms with Crippen molar-refractivity contribution in [1.82, 2.24) is 5.32 Å². The molecule has 1 aliphatic carbocycles. The molecule has 0 unspecified atom stereocenters. The van der Waals surface area contributed by atoms with E-state index in [0.717, 1.165) is 24.2 Å². The van der Waals surface area contributed by atoms with Crippen LogP contribution in [-0.2, 0) is 4.79 Å². The zero-order valence-corrected chi connectivity index (χ0v) is 11.5. The number of benzene rings is 1. The van der Waals surface area contributed by atoms with E-state index in [-0.39, 0.29) is 5.91 Å². The van der Waals surface area contributed by atoms with Crippen LogP contribution in [-0.4, -0.2) is 26.0 Å². The summed E-state index contributed by atoms with van der Waals surface area (Å²) in [4.78, 5) is 16.3. The summed E-state index contributed by atoms with van der Waals surface area (Å²) in [6, 6.07) is 5.46. The molecule has 1 amide bonds. The predicted molar refractivity (Wildman–Crippen MR) is 75.8 cm³/mol. The van der Waals surface area contributed by atoms with Gasteiger partial charge in [0.2, 0.25) is 0 Å². The topological polar surface area (TPSA) is 59.9 Å². The Morgan fingerprint density at radius 3 is 2.75 bits per heavy atom. The Balaban J connectivity index is 1.93. The zero-order valence-electron chi connectivity index (χ0n) is 11.5. The van der Waals surface area contributed by atoms with E-state index in [1.807, 2.05) is 12.1 Å². The molecule has 0 radical (unpaired) electrons. The third kappa shape index (κ3) is 2.39. The summed E-state index contributed by atoms with van der Waals surface area (Å²) in [5.41, 5.74) is 1.23. The van der Waals surface area contributed by atoms with Gasteiger partial charge in [-0.15, -0.1) is 0 Å². The average molecular weight is 272 g/mol. The lowest BCUT2D eigenvalue weighted by molar-refractivity contribution is -0.115. The van der Waals surface area contributed by atoms with Gasteiger partial charge in [0.25, 0.3) is 5.91 Å². The number of nitrogens with one attached hydrogen (secondary N) is 1. The van der Waals surface area contributed by atoms with Crippen LogP contribution in [0.4, 0.5) is 0 Å². The Labute approximate surface area is 117 Å². The molecule has 3 rings (SSSR count). The van der Waals surface area contributed by atoms with Crippen LogP contribution in [0.2, 0.25) is 0 Å². The van der Waals surface area contributed by atoms with Crippen LogP contribution < -0.4 is 14.8 Å². The molecule has 0 saturated heterocycles. The van der Waals surface area contributed by atoms with Gasteiger partial charge in [0.15, 0.2) is 0 Å². The van der Waals surface area contributed by atoms with Crippen LogP contribution in [0.25, 0.3) is 6.08 Å². The summed E-state index contributed by atoms with van der Waals surface area (Å²) < 4.78 is 10.5. The van der Waals surface area contributed by atoms with Crippen molar-refractivity contribution in [3.63, 3.8) is 0 Å². The lowest BCUT2D eigenvalue weighted by atomic mass is 10.1. The van der Waals surface area contributed by atoms with Crippen molar-refractivity contribution >= 4 is 17.8 Å². The van der Waals surface area contributed by atoms with Crippen molar-refractivity contribution in [2.75, 3.05) is 14.2 Å². The molecule has 0 aromatic heterocycles. The number of rotatable bonds is 4. The van der Waals surface area contributed by atoms with Crippen molar-refractivity contribution in [3.05, 3.63) is 29.5 Å². The molecule has 1 fully saturated rings. The number of hydrogen-bond donors (Lipinski definition) is 1. The lowest BCUT2D eigenvalue weighted by Crippen LogP contribution is -2.25. The Kier molecular flexibility index (Phi) is 3.18. The summed E-state index contributed by atoms with van der Waals surface area (Å²) in [6.07, 6.45) is 3.96. The highest BCUT2D eigenvalue weighted by Crippen LogP contribution is 2.33. The number of ether oxygens (including phenoxy) is 2. The molecule has 1 N–H and O–H groups in total. The highest BCUT2D eigenvalue weighted by atomic mass is 16.5. The number of amidine groups is 1. The minimum Gasteiger partial charge on any atom is -0.497 e. The van der Waals surface area contributed by atoms with Gasteiger partial charge in [-0.25, -0.2) is 4.99 Å². The van der Waals surface area contributed by atoms with Gasteiger partial charge >= 0.3 is 0 Å². The van der Waals surface area contributed by atoms with E-state index < -0.39 is 0 Å². The van der Waals surface area contributed by atoms with E-state index >= 15 is 0 Å². The van der Waals surface area contributed by atoms with Crippen molar-refractivity contribution in [2.24, 2.45) is 10.9 Å². The maximum atomic E-state index is 11.9. The van der Waals surface area contributed by atoms with Crippen LogP contribution in [0, 0.1) is 5.92 Å². The minimum atomic E-state index is -0.148. The molecular formula is C15H16N2O3. The molecular weight excluding hydrogens is 256 g/mol. The third-order valence-corrected chi connectivity index (χ3v) is 3.41. The first-order chi connectivity index (χ1) is 9.71. The number of carbonyl (C=O) groups is 1. The van der Waals surface area contributed by atoms with Crippen molar-refractivity contribution in [1.29, 1.82) is 0 Å². The Morgan fingerprint density at radius 2 is 2.10 bits per heavy atom. The first-order valence-corrected chi connectivity index (χ1v) is 6.55. The fourth-order valence-electron chi connectivity index (χ4n) is 2.12. The van der Waals surface area contributed by atoms with Gasteiger partial charge in [-0.2, -0.15) is 0 Å². The van der Waals surface area contributed by atoms with E-state index in [2.05, 4.69) is 10.3 Å². The molecule has 0 atom stereocenters. The van der Waals surface area contributed by atoms with Crippen molar-refractivity contribution in [3.8, 4) is 11.5 Å². The molecule has 5 heteroatoms. The van der Waals surface area contributed by atoms with Gasteiger partial charge in [-0.3, -0.25) is 4.79 Å². The summed E-state index contributed by atoms with van der Waals surface area (Å²) in [5, 5.41) is 2.82. The van der Waals surface area contributed by atoms with E-state index in [1.165, 1.54) is 0 Å². The third-order valence-electron chi connectivity index (χ3n) is 3.41. The van der Waals surface area contributed by atoms with Gasteiger partial charge in [0.05, 0.1) is 14.2 Å². The molecule has 0 bridgehead atoms. The minimum absolute atomic E-state index is 0.148. The largest absolute Gasteiger partial charge is 0.497 e. The number of aliphatic imine (C=N–C) groups is 1. The first-order valence-electron chi connectivity index (χ1n) is 6.55. The second-order valence-electron chi connectivity index (χ2n) is 4.86. The van der Waals surface area contributed by atoms with Crippen LogP contribution in [0.3, 0.4) is 0 Å². The Bertz CT molecular complexity index is 616. The summed E-state index contributed by atoms with van der Waals surface area (Å²) in [7, 11) is 3.19. The molecule has 2 aliphatic rings.